The van der Waals surface area contributed by atoms with Crippen molar-refractivity contribution in [2.75, 3.05) is 25.4 Å². The lowest BCUT2D eigenvalue weighted by molar-refractivity contribution is 0.101. The maximum absolute atomic E-state index is 12.8. The lowest BCUT2D eigenvalue weighted by Crippen LogP contribution is -2.30. The third-order valence-corrected chi connectivity index (χ3v) is 7.49. The van der Waals surface area contributed by atoms with Crippen LogP contribution in [0.15, 0.2) is 63.1 Å². The molecule has 0 atom stereocenters. The highest BCUT2D eigenvalue weighted by atomic mass is 32.2. The molecule has 0 aliphatic carbocycles. The third-order valence-electron chi connectivity index (χ3n) is 4.66. The summed E-state index contributed by atoms with van der Waals surface area (Å²) in [5.74, 6) is 1.26. The molecule has 0 fully saturated rings. The maximum Gasteiger partial charge on any atom is 0.276 e. The molecule has 3 rings (SSSR count). The topological polar surface area (TPSA) is 103 Å². The molecule has 0 saturated carbocycles. The number of benzene rings is 2. The summed E-state index contributed by atoms with van der Waals surface area (Å²) in [7, 11) is -3.58. The normalized spacial score (nSPS) is 11.6. The number of ether oxygens (including phenoxy) is 1. The van der Waals surface area contributed by atoms with E-state index in [1.165, 1.54) is 29.1 Å². The highest BCUT2D eigenvalue weighted by molar-refractivity contribution is 7.99. The second-order valence-corrected chi connectivity index (χ2v) is 9.72. The quantitative estimate of drug-likeness (QED) is 0.232. The van der Waals surface area contributed by atoms with Crippen molar-refractivity contribution >= 4 is 27.6 Å². The van der Waals surface area contributed by atoms with Crippen LogP contribution in [0.3, 0.4) is 0 Å². The van der Waals surface area contributed by atoms with Crippen LogP contribution in [0.4, 0.5) is 0 Å². The zero-order valence-corrected chi connectivity index (χ0v) is 19.8. The molecule has 10 heteroatoms. The van der Waals surface area contributed by atoms with E-state index in [9.17, 15) is 13.2 Å². The lowest BCUT2D eigenvalue weighted by atomic mass is 10.1. The Morgan fingerprint density at radius 3 is 2.56 bits per heavy atom. The average Bonchev–Trinajstić information content (AvgIpc) is 3.27. The van der Waals surface area contributed by atoms with Crippen molar-refractivity contribution in [2.45, 2.75) is 30.9 Å². The van der Waals surface area contributed by atoms with Crippen LogP contribution in [0.2, 0.25) is 0 Å². The molecule has 0 N–H and O–H groups in total. The van der Waals surface area contributed by atoms with Gasteiger partial charge in [-0.1, -0.05) is 43.8 Å². The van der Waals surface area contributed by atoms with Crippen LogP contribution < -0.4 is 4.74 Å². The number of hydrogen-bond acceptors (Lipinski definition) is 8. The maximum atomic E-state index is 12.8. The van der Waals surface area contributed by atoms with Crippen LogP contribution in [0.25, 0.3) is 11.5 Å². The number of aromatic nitrogens is 2. The van der Waals surface area contributed by atoms with E-state index >= 15 is 0 Å². The van der Waals surface area contributed by atoms with Crippen molar-refractivity contribution < 1.29 is 22.4 Å². The molecule has 8 nitrogen and oxygen atoms in total. The van der Waals surface area contributed by atoms with Crippen LogP contribution in [0, 0.1) is 0 Å². The van der Waals surface area contributed by atoms with Crippen LogP contribution in [0.5, 0.6) is 5.75 Å². The molecule has 0 aliphatic rings. The van der Waals surface area contributed by atoms with E-state index in [2.05, 4.69) is 10.2 Å². The van der Waals surface area contributed by atoms with Gasteiger partial charge < -0.3 is 9.15 Å². The summed E-state index contributed by atoms with van der Waals surface area (Å²) in [5.41, 5.74) is 1.07. The second kappa shape index (κ2) is 10.8. The van der Waals surface area contributed by atoms with Gasteiger partial charge in [-0.15, -0.1) is 10.2 Å². The standard InChI is InChI=1S/C22H25N3O5S2/c1-4-25(5-2)32(27,28)18-10-8-9-17(15-18)21-23-24-22(30-21)31-14-13-29-20-12-7-6-11-19(20)16(3)26/h6-12,15H,4-5,13-14H2,1-3H3. The largest absolute Gasteiger partial charge is 0.492 e. The second-order valence-electron chi connectivity index (χ2n) is 6.74. The Morgan fingerprint density at radius 1 is 1.09 bits per heavy atom. The number of ketones is 1. The fourth-order valence-corrected chi connectivity index (χ4v) is 5.13. The number of carbonyl (C=O) groups excluding carboxylic acids is 1. The summed E-state index contributed by atoms with van der Waals surface area (Å²) in [4.78, 5) is 11.8. The minimum absolute atomic E-state index is 0.0555. The van der Waals surface area contributed by atoms with Gasteiger partial charge in [-0.05, 0) is 37.3 Å². The molecule has 0 spiro atoms. The van der Waals surface area contributed by atoms with Gasteiger partial charge in [0.25, 0.3) is 5.22 Å². The first-order valence-corrected chi connectivity index (χ1v) is 12.6. The van der Waals surface area contributed by atoms with E-state index in [1.807, 2.05) is 6.07 Å². The number of hydrogen-bond donors (Lipinski definition) is 0. The first kappa shape index (κ1) is 24.0. The Hall–Kier alpha value is -2.69. The molecule has 170 valence electrons. The lowest BCUT2D eigenvalue weighted by Gasteiger charge is -2.18. The van der Waals surface area contributed by atoms with E-state index in [0.29, 0.717) is 47.5 Å². The van der Waals surface area contributed by atoms with Crippen molar-refractivity contribution in [2.24, 2.45) is 0 Å². The molecule has 32 heavy (non-hydrogen) atoms. The highest BCUT2D eigenvalue weighted by Crippen LogP contribution is 2.26. The van der Waals surface area contributed by atoms with Gasteiger partial charge in [0.15, 0.2) is 5.78 Å². The van der Waals surface area contributed by atoms with Crippen LogP contribution in [-0.2, 0) is 10.0 Å². The monoisotopic (exact) mass is 475 g/mol. The van der Waals surface area contributed by atoms with Crippen LogP contribution >= 0.6 is 11.8 Å². The van der Waals surface area contributed by atoms with Crippen molar-refractivity contribution in [3.8, 4) is 17.2 Å². The zero-order chi connectivity index (χ0) is 23.1. The molecule has 1 heterocycles. The minimum atomic E-state index is -3.58. The Kier molecular flexibility index (Phi) is 8.05. The first-order valence-electron chi connectivity index (χ1n) is 10.2. The Bertz CT molecular complexity index is 1170. The van der Waals surface area contributed by atoms with Gasteiger partial charge >= 0.3 is 0 Å². The number of para-hydroxylation sites is 1. The SMILES string of the molecule is CCN(CC)S(=O)(=O)c1cccc(-c2nnc(SCCOc3ccccc3C(C)=O)o2)c1. The molecule has 3 aromatic rings. The van der Waals surface area contributed by atoms with Gasteiger partial charge in [-0.3, -0.25) is 4.79 Å². The molecule has 0 amide bonds. The van der Waals surface area contributed by atoms with Crippen molar-refractivity contribution in [3.05, 3.63) is 54.1 Å². The van der Waals surface area contributed by atoms with Crippen molar-refractivity contribution in [1.82, 2.24) is 14.5 Å². The van der Waals surface area contributed by atoms with Crippen molar-refractivity contribution in [3.63, 3.8) is 0 Å². The summed E-state index contributed by atoms with van der Waals surface area (Å²) in [6.45, 7) is 6.24. The Labute approximate surface area is 192 Å². The summed E-state index contributed by atoms with van der Waals surface area (Å²) >= 11 is 1.31. The first-order chi connectivity index (χ1) is 15.4. The van der Waals surface area contributed by atoms with E-state index in [4.69, 9.17) is 9.15 Å². The van der Waals surface area contributed by atoms with E-state index in [0.717, 1.165) is 0 Å². The molecule has 1 aromatic heterocycles. The fraction of sp³-hybridized carbons (Fsp3) is 0.318. The molecule has 0 aliphatic heterocycles. The van der Waals surface area contributed by atoms with Gasteiger partial charge in [-0.2, -0.15) is 4.31 Å². The zero-order valence-electron chi connectivity index (χ0n) is 18.1. The summed E-state index contributed by atoms with van der Waals surface area (Å²) < 4.78 is 38.3. The molecule has 0 bridgehead atoms. The number of sulfonamides is 1. The number of Topliss-reactive ketones (excluding diaryl/α,β-unsaturated/α-hetero) is 1. The fourth-order valence-electron chi connectivity index (χ4n) is 3.05. The van der Waals surface area contributed by atoms with Gasteiger partial charge in [-0.25, -0.2) is 8.42 Å². The average molecular weight is 476 g/mol. The molecule has 0 radical (unpaired) electrons. The predicted molar refractivity (Wildman–Crippen MR) is 123 cm³/mol. The molecule has 0 saturated heterocycles. The number of nitrogens with zero attached hydrogens (tertiary/aromatic N) is 3. The van der Waals surface area contributed by atoms with Gasteiger partial charge in [0.1, 0.15) is 5.75 Å². The number of carbonyl (C=O) groups is 1. The summed E-state index contributed by atoms with van der Waals surface area (Å²) in [6, 6.07) is 13.6. The summed E-state index contributed by atoms with van der Waals surface area (Å²) in [6.07, 6.45) is 0. The molecule has 0 unspecified atom stereocenters. The Balaban J connectivity index is 1.64. The minimum Gasteiger partial charge on any atom is -0.492 e. The molecule has 2 aromatic carbocycles. The van der Waals surface area contributed by atoms with Gasteiger partial charge in [0.2, 0.25) is 15.9 Å². The Morgan fingerprint density at radius 2 is 1.84 bits per heavy atom. The smallest absolute Gasteiger partial charge is 0.276 e. The molecular weight excluding hydrogens is 450 g/mol. The van der Waals surface area contributed by atoms with E-state index in [1.54, 1.807) is 50.2 Å². The van der Waals surface area contributed by atoms with Crippen LogP contribution in [0.1, 0.15) is 31.1 Å². The van der Waals surface area contributed by atoms with E-state index in [-0.39, 0.29) is 16.6 Å². The summed E-state index contributed by atoms with van der Waals surface area (Å²) in [5, 5.41) is 8.40. The predicted octanol–water partition coefficient (Wildman–Crippen LogP) is 4.14. The van der Waals surface area contributed by atoms with E-state index < -0.39 is 10.0 Å². The highest BCUT2D eigenvalue weighted by Gasteiger charge is 2.22. The number of rotatable bonds is 11. The number of thioether (sulfide) groups is 1. The van der Waals surface area contributed by atoms with Crippen LogP contribution in [-0.4, -0.2) is 54.2 Å². The van der Waals surface area contributed by atoms with Crippen molar-refractivity contribution in [1.29, 1.82) is 0 Å². The van der Waals surface area contributed by atoms with Gasteiger partial charge in [0.05, 0.1) is 17.1 Å². The molecular formula is C22H25N3O5S2. The van der Waals surface area contributed by atoms with Gasteiger partial charge in [0, 0.05) is 24.4 Å². The third kappa shape index (κ3) is 5.56.